The van der Waals surface area contributed by atoms with Crippen molar-refractivity contribution in [3.8, 4) is 0 Å². The maximum absolute atomic E-state index is 6.88. The monoisotopic (exact) mass is 853 g/mol. The number of anilines is 3. The van der Waals surface area contributed by atoms with E-state index in [1.165, 1.54) is 117 Å². The highest BCUT2D eigenvalue weighted by Gasteiger charge is 2.33. The standard InChI is InChI=1S/C62H48N2O2/c1-3-21-41(22-4-1)63(53-29-15-27-47-43-25-11-13-31-57(43)65-61(47)53)55-37-51(39-17-7-8-18-39)45-34-36-50-56(38-52(40-19-9-10-20-40)46-33-35-49(55)59(45)60(46)50)64(42-23-5-2-6-24-42)54-30-16-28-48-44-26-12-14-32-58(44)66-62(48)54/h1-6,11-16,21-40H,7-10,17-20H2/p+1. The van der Waals surface area contributed by atoms with Crippen LogP contribution in [0, 0.1) is 0 Å². The van der Waals surface area contributed by atoms with Gasteiger partial charge in [-0.05, 0) is 119 Å². The SMILES string of the molecule is c1ccc(N(c2cc(C3CCCC3)c3ccc4c([NH+](c5ccccc5)c5cccc6c5oc5ccccc56)cc(C5CCCC5)c5ccc2c3c54)c2cccc3c2oc2ccccc23)cc1. The number of hydrogen-bond acceptors (Lipinski definition) is 3. The highest BCUT2D eigenvalue weighted by molar-refractivity contribution is 6.29. The fraction of sp³-hybridized carbons (Fsp3) is 0.161. The van der Waals surface area contributed by atoms with Crippen LogP contribution in [0.15, 0.2) is 191 Å². The number of benzene rings is 10. The molecule has 4 nitrogen and oxygen atoms in total. The number of fused-ring (bicyclic) bond motifs is 6. The van der Waals surface area contributed by atoms with Crippen molar-refractivity contribution in [1.29, 1.82) is 0 Å². The van der Waals surface area contributed by atoms with E-state index in [0.29, 0.717) is 11.8 Å². The molecule has 1 atom stereocenters. The molecule has 0 aliphatic heterocycles. The predicted molar refractivity (Wildman–Crippen MR) is 275 cm³/mol. The molecule has 1 unspecified atom stereocenters. The maximum Gasteiger partial charge on any atom is 0.196 e. The van der Waals surface area contributed by atoms with Crippen LogP contribution in [0.3, 0.4) is 0 Å². The molecule has 0 amide bonds. The lowest BCUT2D eigenvalue weighted by Crippen LogP contribution is -2.96. The van der Waals surface area contributed by atoms with Crippen LogP contribution >= 0.6 is 0 Å². The number of hydrogen-bond donors (Lipinski definition) is 1. The van der Waals surface area contributed by atoms with Gasteiger partial charge in [0, 0.05) is 55.5 Å². The molecule has 0 radical (unpaired) electrons. The van der Waals surface area contributed by atoms with Crippen molar-refractivity contribution >= 4 is 110 Å². The Kier molecular flexibility index (Phi) is 8.67. The quantitative estimate of drug-likeness (QED) is 0.155. The molecule has 1 N–H and O–H groups in total. The third-order valence-corrected chi connectivity index (χ3v) is 15.4. The summed E-state index contributed by atoms with van der Waals surface area (Å²) in [5.74, 6) is 0.978. The van der Waals surface area contributed by atoms with Gasteiger partial charge in [-0.25, -0.2) is 4.90 Å². The van der Waals surface area contributed by atoms with E-state index in [9.17, 15) is 0 Å². The van der Waals surface area contributed by atoms with Crippen LogP contribution in [0.2, 0.25) is 0 Å². The molecule has 0 bridgehead atoms. The summed E-state index contributed by atoms with van der Waals surface area (Å²) in [4.78, 5) is 3.72. The zero-order valence-electron chi connectivity index (χ0n) is 36.9. The molecule has 2 aliphatic rings. The summed E-state index contributed by atoms with van der Waals surface area (Å²) in [5.41, 5.74) is 13.6. The van der Waals surface area contributed by atoms with Gasteiger partial charge in [-0.1, -0.05) is 141 Å². The summed E-state index contributed by atoms with van der Waals surface area (Å²) in [6.45, 7) is 0. The van der Waals surface area contributed by atoms with E-state index in [1.54, 1.807) is 0 Å². The van der Waals surface area contributed by atoms with Gasteiger partial charge in [-0.3, -0.25) is 0 Å². The van der Waals surface area contributed by atoms with Crippen LogP contribution in [0.5, 0.6) is 0 Å². The van der Waals surface area contributed by atoms with Crippen molar-refractivity contribution in [2.24, 2.45) is 0 Å². The highest BCUT2D eigenvalue weighted by Crippen LogP contribution is 2.53. The van der Waals surface area contributed by atoms with Crippen molar-refractivity contribution in [1.82, 2.24) is 0 Å². The lowest BCUT2D eigenvalue weighted by atomic mass is 9.82. The fourth-order valence-corrected chi connectivity index (χ4v) is 12.5. The summed E-state index contributed by atoms with van der Waals surface area (Å²) in [6.07, 6.45) is 9.91. The predicted octanol–water partition coefficient (Wildman–Crippen LogP) is 17.3. The minimum Gasteiger partial charge on any atom is -0.454 e. The molecule has 4 heteroatoms. The topological polar surface area (TPSA) is 34.0 Å². The highest BCUT2D eigenvalue weighted by atomic mass is 16.3. The van der Waals surface area contributed by atoms with Crippen LogP contribution < -0.4 is 9.80 Å². The Balaban J connectivity index is 1.11. The van der Waals surface area contributed by atoms with Crippen molar-refractivity contribution in [3.05, 3.63) is 193 Å². The number of nitrogens with one attached hydrogen (secondary N) is 1. The third-order valence-electron chi connectivity index (χ3n) is 15.4. The van der Waals surface area contributed by atoms with Gasteiger partial charge in [0.2, 0.25) is 0 Å². The second-order valence-electron chi connectivity index (χ2n) is 19.0. The van der Waals surface area contributed by atoms with Crippen LogP contribution in [-0.4, -0.2) is 0 Å². The molecule has 14 rings (SSSR count). The fourth-order valence-electron chi connectivity index (χ4n) is 12.5. The molecular weight excluding hydrogens is 805 g/mol. The van der Waals surface area contributed by atoms with Gasteiger partial charge in [-0.15, -0.1) is 0 Å². The number of para-hydroxylation sites is 6. The first-order valence-corrected chi connectivity index (χ1v) is 24.1. The minimum absolute atomic E-state index is 0.485. The molecule has 2 heterocycles. The molecule has 2 aliphatic carbocycles. The lowest BCUT2D eigenvalue weighted by Gasteiger charge is -2.30. The molecule has 0 spiro atoms. The van der Waals surface area contributed by atoms with Gasteiger partial charge in [0.25, 0.3) is 0 Å². The van der Waals surface area contributed by atoms with Gasteiger partial charge in [0.1, 0.15) is 22.5 Å². The Morgan fingerprint density at radius 3 is 1.58 bits per heavy atom. The average molecular weight is 854 g/mol. The summed E-state index contributed by atoms with van der Waals surface area (Å²) < 4.78 is 13.7. The second kappa shape index (κ2) is 15.1. The number of rotatable bonds is 8. The normalized spacial score (nSPS) is 15.5. The van der Waals surface area contributed by atoms with Gasteiger partial charge in [0.15, 0.2) is 16.9 Å². The Morgan fingerprint density at radius 2 is 0.894 bits per heavy atom. The number of quaternary nitrogens is 1. The first kappa shape index (κ1) is 37.9. The summed E-state index contributed by atoms with van der Waals surface area (Å²) in [5, 5.41) is 12.7. The van der Waals surface area contributed by atoms with Gasteiger partial charge in [0.05, 0.1) is 11.4 Å². The summed E-state index contributed by atoms with van der Waals surface area (Å²) >= 11 is 0. The Morgan fingerprint density at radius 1 is 0.379 bits per heavy atom. The van der Waals surface area contributed by atoms with Crippen LogP contribution in [-0.2, 0) is 0 Å². The van der Waals surface area contributed by atoms with Crippen molar-refractivity contribution in [3.63, 3.8) is 0 Å². The van der Waals surface area contributed by atoms with E-state index in [-0.39, 0.29) is 0 Å². The lowest BCUT2D eigenvalue weighted by molar-refractivity contribution is -0.679. The minimum atomic E-state index is 0.485. The Hall–Kier alpha value is -7.40. The zero-order valence-corrected chi connectivity index (χ0v) is 36.9. The summed E-state index contributed by atoms with van der Waals surface area (Å²) in [6, 6.07) is 67.4. The zero-order chi connectivity index (χ0) is 43.3. The molecule has 2 aromatic heterocycles. The molecular formula is C62H49N2O2+. The first-order valence-electron chi connectivity index (χ1n) is 24.1. The Labute approximate surface area is 383 Å². The second-order valence-corrected chi connectivity index (χ2v) is 19.0. The van der Waals surface area contributed by atoms with E-state index in [2.05, 4.69) is 187 Å². The third kappa shape index (κ3) is 5.74. The van der Waals surface area contributed by atoms with Crippen LogP contribution in [0.4, 0.5) is 34.1 Å². The van der Waals surface area contributed by atoms with E-state index in [1.807, 2.05) is 0 Å². The van der Waals surface area contributed by atoms with Gasteiger partial charge < -0.3 is 13.7 Å². The molecule has 66 heavy (non-hydrogen) atoms. The summed E-state index contributed by atoms with van der Waals surface area (Å²) in [7, 11) is 0. The smallest absolute Gasteiger partial charge is 0.196 e. The van der Waals surface area contributed by atoms with E-state index in [4.69, 9.17) is 8.83 Å². The van der Waals surface area contributed by atoms with Crippen LogP contribution in [0.1, 0.15) is 74.3 Å². The van der Waals surface area contributed by atoms with Crippen LogP contribution in [0.25, 0.3) is 76.2 Å². The largest absolute Gasteiger partial charge is 0.454 e. The van der Waals surface area contributed by atoms with Gasteiger partial charge in [-0.2, -0.15) is 0 Å². The van der Waals surface area contributed by atoms with E-state index < -0.39 is 0 Å². The number of furan rings is 2. The molecule has 10 aromatic carbocycles. The van der Waals surface area contributed by atoms with Crippen molar-refractivity contribution < 1.29 is 13.7 Å². The Bertz CT molecular complexity index is 3550. The first-order chi connectivity index (χ1) is 32.8. The molecule has 12 aromatic rings. The number of nitrogens with zero attached hydrogens (tertiary/aromatic N) is 1. The van der Waals surface area contributed by atoms with Crippen molar-refractivity contribution in [2.45, 2.75) is 63.2 Å². The molecule has 0 saturated heterocycles. The molecule has 2 saturated carbocycles. The van der Waals surface area contributed by atoms with E-state index >= 15 is 0 Å². The molecule has 2 fully saturated rings. The van der Waals surface area contributed by atoms with Crippen molar-refractivity contribution in [2.75, 3.05) is 4.90 Å². The van der Waals surface area contributed by atoms with Gasteiger partial charge >= 0.3 is 0 Å². The van der Waals surface area contributed by atoms with E-state index in [0.717, 1.165) is 60.9 Å². The average Bonchev–Trinajstić information content (AvgIpc) is 4.23. The molecule has 318 valence electrons. The maximum atomic E-state index is 6.88.